The number of rotatable bonds is 6. The fourth-order valence-electron chi connectivity index (χ4n) is 8.79. The Morgan fingerprint density at radius 2 is 0.635 bits per heavy atom. The Labute approximate surface area is 303 Å². The van der Waals surface area contributed by atoms with Crippen LogP contribution in [0.1, 0.15) is 22.3 Å². The molecular weight excluding hydrogens is 627 g/mol. The number of benzene rings is 9. The predicted octanol–water partition coefficient (Wildman–Crippen LogP) is 13.1. The molecule has 0 N–H and O–H groups in total. The van der Waals surface area contributed by atoms with Crippen molar-refractivity contribution in [1.82, 2.24) is 4.57 Å². The first kappa shape index (κ1) is 30.2. The van der Waals surface area contributed by atoms with Gasteiger partial charge in [0.25, 0.3) is 0 Å². The van der Waals surface area contributed by atoms with Crippen LogP contribution in [0.4, 0.5) is 0 Å². The molecule has 0 aliphatic rings. The second-order valence-electron chi connectivity index (χ2n) is 13.6. The highest BCUT2D eigenvalue weighted by atomic mass is 15.0. The zero-order chi connectivity index (χ0) is 34.5. The zero-order valence-electron chi connectivity index (χ0n) is 28.7. The molecule has 0 spiro atoms. The number of nitrogens with zero attached hydrogens (tertiary/aromatic N) is 1. The summed E-state index contributed by atoms with van der Waals surface area (Å²) in [5.74, 6) is 0. The van der Waals surface area contributed by atoms with Crippen LogP contribution in [0.15, 0.2) is 212 Å². The fraction of sp³-hybridized carbons (Fsp3) is 0.0196. The minimum absolute atomic E-state index is 0.537. The number of hydrogen-bond donors (Lipinski definition) is 0. The van der Waals surface area contributed by atoms with Crippen LogP contribution >= 0.6 is 0 Å². The first-order valence-corrected chi connectivity index (χ1v) is 18.0. The van der Waals surface area contributed by atoms with E-state index in [1.165, 1.54) is 82.4 Å². The van der Waals surface area contributed by atoms with Crippen molar-refractivity contribution < 1.29 is 0 Å². The van der Waals surface area contributed by atoms with Crippen molar-refractivity contribution in [2.45, 2.75) is 5.41 Å². The number of fused-ring (bicyclic) bond motifs is 5. The molecule has 244 valence electrons. The molecule has 0 bridgehead atoms. The van der Waals surface area contributed by atoms with E-state index in [0.29, 0.717) is 0 Å². The fourth-order valence-corrected chi connectivity index (χ4v) is 8.79. The Morgan fingerprint density at radius 1 is 0.269 bits per heavy atom. The van der Waals surface area contributed by atoms with Crippen molar-refractivity contribution in [2.75, 3.05) is 0 Å². The number of hydrogen-bond acceptors (Lipinski definition) is 0. The first-order chi connectivity index (χ1) is 25.8. The topological polar surface area (TPSA) is 4.93 Å². The molecule has 1 nitrogen and oxygen atoms in total. The van der Waals surface area contributed by atoms with E-state index in [1.54, 1.807) is 0 Å². The van der Waals surface area contributed by atoms with Crippen LogP contribution in [-0.4, -0.2) is 4.57 Å². The van der Waals surface area contributed by atoms with Gasteiger partial charge in [-0.15, -0.1) is 0 Å². The average Bonchev–Trinajstić information content (AvgIpc) is 3.56. The van der Waals surface area contributed by atoms with Gasteiger partial charge in [0.15, 0.2) is 0 Å². The normalized spacial score (nSPS) is 11.8. The van der Waals surface area contributed by atoms with Gasteiger partial charge >= 0.3 is 0 Å². The van der Waals surface area contributed by atoms with Crippen LogP contribution in [-0.2, 0) is 5.41 Å². The predicted molar refractivity (Wildman–Crippen MR) is 220 cm³/mol. The Kier molecular flexibility index (Phi) is 7.11. The van der Waals surface area contributed by atoms with Gasteiger partial charge in [0, 0.05) is 16.2 Å². The molecule has 0 amide bonds. The summed E-state index contributed by atoms with van der Waals surface area (Å²) in [5, 5.41) is 7.49. The molecule has 0 fully saturated rings. The summed E-state index contributed by atoms with van der Waals surface area (Å²) in [5.41, 5.74) is 10.5. The van der Waals surface area contributed by atoms with Crippen molar-refractivity contribution in [1.29, 1.82) is 0 Å². The Bertz CT molecular complexity index is 2730. The maximum absolute atomic E-state index is 2.44. The summed E-state index contributed by atoms with van der Waals surface area (Å²) < 4.78 is 2.44. The van der Waals surface area contributed by atoms with Crippen molar-refractivity contribution in [3.05, 3.63) is 235 Å². The van der Waals surface area contributed by atoms with E-state index in [2.05, 4.69) is 217 Å². The quantitative estimate of drug-likeness (QED) is 0.156. The molecule has 0 atom stereocenters. The summed E-state index contributed by atoms with van der Waals surface area (Å²) in [6.45, 7) is 0. The van der Waals surface area contributed by atoms with E-state index < -0.39 is 5.41 Å². The molecule has 0 radical (unpaired) electrons. The highest BCUT2D eigenvalue weighted by molar-refractivity contribution is 6.13. The lowest BCUT2D eigenvalue weighted by molar-refractivity contribution is 0.752. The van der Waals surface area contributed by atoms with Crippen LogP contribution < -0.4 is 0 Å². The van der Waals surface area contributed by atoms with Gasteiger partial charge in [0.1, 0.15) is 0 Å². The Balaban J connectivity index is 1.26. The van der Waals surface area contributed by atoms with Gasteiger partial charge in [0.05, 0.1) is 22.1 Å². The molecule has 0 aliphatic carbocycles. The van der Waals surface area contributed by atoms with Crippen molar-refractivity contribution in [3.63, 3.8) is 0 Å². The smallest absolute Gasteiger partial charge is 0.0707 e. The third kappa shape index (κ3) is 4.49. The molecule has 1 heteroatoms. The lowest BCUT2D eigenvalue weighted by Crippen LogP contribution is -2.31. The molecule has 10 aromatic rings. The van der Waals surface area contributed by atoms with Gasteiger partial charge in [-0.1, -0.05) is 194 Å². The molecule has 52 heavy (non-hydrogen) atoms. The van der Waals surface area contributed by atoms with E-state index in [1.807, 2.05) is 0 Å². The molecule has 0 unspecified atom stereocenters. The molecule has 0 aliphatic heterocycles. The van der Waals surface area contributed by atoms with Crippen molar-refractivity contribution >= 4 is 43.4 Å². The third-order valence-electron chi connectivity index (χ3n) is 11.0. The summed E-state index contributed by atoms with van der Waals surface area (Å²) in [6.07, 6.45) is 0. The maximum atomic E-state index is 2.44. The molecule has 10 rings (SSSR count). The van der Waals surface area contributed by atoms with Gasteiger partial charge in [-0.05, 0) is 67.7 Å². The molecule has 0 saturated heterocycles. The highest BCUT2D eigenvalue weighted by Gasteiger charge is 2.39. The van der Waals surface area contributed by atoms with Crippen LogP contribution in [0.3, 0.4) is 0 Å². The van der Waals surface area contributed by atoms with Gasteiger partial charge in [-0.2, -0.15) is 0 Å². The molecule has 1 heterocycles. The van der Waals surface area contributed by atoms with E-state index in [9.17, 15) is 0 Å². The summed E-state index contributed by atoms with van der Waals surface area (Å²) in [4.78, 5) is 0. The van der Waals surface area contributed by atoms with Gasteiger partial charge in [-0.25, -0.2) is 0 Å². The summed E-state index contributed by atoms with van der Waals surface area (Å²) >= 11 is 0. The largest absolute Gasteiger partial charge is 0.309 e. The van der Waals surface area contributed by atoms with Gasteiger partial charge in [-0.3, -0.25) is 0 Å². The van der Waals surface area contributed by atoms with E-state index in [0.717, 1.165) is 0 Å². The van der Waals surface area contributed by atoms with Gasteiger partial charge < -0.3 is 4.57 Å². The molecule has 0 saturated carbocycles. The van der Waals surface area contributed by atoms with Crippen molar-refractivity contribution in [2.24, 2.45) is 0 Å². The lowest BCUT2D eigenvalue weighted by Gasteiger charge is -2.38. The lowest BCUT2D eigenvalue weighted by atomic mass is 9.64. The van der Waals surface area contributed by atoms with Crippen LogP contribution in [0.5, 0.6) is 0 Å². The van der Waals surface area contributed by atoms with E-state index in [-0.39, 0.29) is 0 Å². The minimum Gasteiger partial charge on any atom is -0.309 e. The SMILES string of the molecule is c1ccc(C(c2ccccc2)(c2ccccc2)c2ccc(-c3ccc(-n4c5ccccc5c5ccccc54)c4ccccc34)c3ccccc23)cc1. The summed E-state index contributed by atoms with van der Waals surface area (Å²) in [6, 6.07) is 77.8. The second-order valence-corrected chi connectivity index (χ2v) is 13.6. The maximum Gasteiger partial charge on any atom is 0.0707 e. The van der Waals surface area contributed by atoms with Crippen molar-refractivity contribution in [3.8, 4) is 16.8 Å². The number of aromatic nitrogens is 1. The minimum atomic E-state index is -0.537. The molecule has 1 aromatic heterocycles. The molecular formula is C51H35N. The standard InChI is InChI=1S/C51H35N/c1-4-18-36(19-5-1)51(37-20-6-2-7-21-37,38-22-8-3-9-23-38)47-34-32-41(39-24-10-12-26-43(39)47)42-33-35-50(44-27-13-11-25-40(42)44)52-48-30-16-14-28-45(48)46-29-15-17-31-49(46)52/h1-35H. The third-order valence-corrected chi connectivity index (χ3v) is 11.0. The second kappa shape index (κ2) is 12.3. The number of para-hydroxylation sites is 2. The highest BCUT2D eigenvalue weighted by Crippen LogP contribution is 2.49. The first-order valence-electron chi connectivity index (χ1n) is 18.0. The monoisotopic (exact) mass is 661 g/mol. The Morgan fingerprint density at radius 3 is 1.13 bits per heavy atom. The average molecular weight is 662 g/mol. The Hall–Kier alpha value is -6.70. The zero-order valence-corrected chi connectivity index (χ0v) is 28.7. The van der Waals surface area contributed by atoms with Crippen LogP contribution in [0, 0.1) is 0 Å². The van der Waals surface area contributed by atoms with Gasteiger partial charge in [0.2, 0.25) is 0 Å². The van der Waals surface area contributed by atoms with E-state index >= 15 is 0 Å². The van der Waals surface area contributed by atoms with Crippen LogP contribution in [0.2, 0.25) is 0 Å². The molecule has 9 aromatic carbocycles. The summed E-state index contributed by atoms with van der Waals surface area (Å²) in [7, 11) is 0. The van der Waals surface area contributed by atoms with E-state index in [4.69, 9.17) is 0 Å². The van der Waals surface area contributed by atoms with Crippen LogP contribution in [0.25, 0.3) is 60.2 Å².